The minimum Gasteiger partial charge on any atom is -0.381 e. The Balaban J connectivity index is 2.25. The lowest BCUT2D eigenvalue weighted by molar-refractivity contribution is -0.121. The van der Waals surface area contributed by atoms with Gasteiger partial charge >= 0.3 is 0 Å². The Morgan fingerprint density at radius 2 is 2.42 bits per heavy atom. The smallest absolute Gasteiger partial charge is 0.219 e. The summed E-state index contributed by atoms with van der Waals surface area (Å²) < 4.78 is 5.27. The Bertz CT molecular complexity index is 162. The van der Waals surface area contributed by atoms with Crippen LogP contribution in [-0.2, 0) is 9.53 Å². The van der Waals surface area contributed by atoms with Gasteiger partial charge in [-0.1, -0.05) is 13.8 Å². The van der Waals surface area contributed by atoms with E-state index in [9.17, 15) is 4.79 Å². The van der Waals surface area contributed by atoms with Gasteiger partial charge < -0.3 is 10.1 Å². The van der Waals surface area contributed by atoms with Gasteiger partial charge in [-0.3, -0.25) is 4.79 Å². The van der Waals surface area contributed by atoms with Crippen molar-refractivity contribution < 1.29 is 9.53 Å². The molecule has 0 spiro atoms. The first-order chi connectivity index (χ1) is 5.66. The van der Waals surface area contributed by atoms with Gasteiger partial charge in [-0.15, -0.1) is 0 Å². The topological polar surface area (TPSA) is 38.3 Å². The fourth-order valence-corrected chi connectivity index (χ4v) is 1.29. The van der Waals surface area contributed by atoms with E-state index in [0.29, 0.717) is 6.42 Å². The van der Waals surface area contributed by atoms with Gasteiger partial charge in [0.1, 0.15) is 0 Å². The molecular weight excluding hydrogens is 154 g/mol. The number of amides is 1. The minimum atomic E-state index is 0.128. The van der Waals surface area contributed by atoms with Crippen LogP contribution < -0.4 is 5.32 Å². The number of hydrogen-bond acceptors (Lipinski definition) is 2. The maximum absolute atomic E-state index is 11.0. The molecule has 12 heavy (non-hydrogen) atoms. The zero-order chi connectivity index (χ0) is 9.03. The lowest BCUT2D eigenvalue weighted by Gasteiger charge is -2.21. The molecule has 0 radical (unpaired) electrons. The Kier molecular flexibility index (Phi) is 3.09. The van der Waals surface area contributed by atoms with E-state index in [4.69, 9.17) is 4.74 Å². The summed E-state index contributed by atoms with van der Waals surface area (Å²) in [6, 6.07) is 0. The van der Waals surface area contributed by atoms with E-state index >= 15 is 0 Å². The van der Waals surface area contributed by atoms with Crippen LogP contribution in [0.5, 0.6) is 0 Å². The second kappa shape index (κ2) is 3.90. The lowest BCUT2D eigenvalue weighted by atomic mass is 9.90. The number of carbonyl (C=O) groups excluding carboxylic acids is 1. The van der Waals surface area contributed by atoms with Crippen molar-refractivity contribution in [3.63, 3.8) is 0 Å². The maximum Gasteiger partial charge on any atom is 0.219 e. The van der Waals surface area contributed by atoms with Gasteiger partial charge in [0.05, 0.1) is 6.61 Å². The Hall–Kier alpha value is -0.570. The van der Waals surface area contributed by atoms with E-state index in [2.05, 4.69) is 12.2 Å². The van der Waals surface area contributed by atoms with E-state index in [1.807, 2.05) is 6.92 Å². The van der Waals surface area contributed by atoms with Crippen LogP contribution in [0.1, 0.15) is 26.7 Å². The average molecular weight is 171 g/mol. The summed E-state index contributed by atoms with van der Waals surface area (Å²) in [5.41, 5.74) is 0.171. The molecule has 1 atom stereocenters. The van der Waals surface area contributed by atoms with Gasteiger partial charge in [-0.25, -0.2) is 0 Å². The van der Waals surface area contributed by atoms with Crippen LogP contribution in [0.15, 0.2) is 0 Å². The highest BCUT2D eigenvalue weighted by Gasteiger charge is 2.29. The number of nitrogens with one attached hydrogen (secondary N) is 1. The zero-order valence-electron chi connectivity index (χ0n) is 7.85. The predicted octanol–water partition coefficient (Wildman–Crippen LogP) is 0.939. The molecule has 0 saturated carbocycles. The maximum atomic E-state index is 11.0. The highest BCUT2D eigenvalue weighted by atomic mass is 16.5. The van der Waals surface area contributed by atoms with Crippen LogP contribution in [0.2, 0.25) is 0 Å². The summed E-state index contributed by atoms with van der Waals surface area (Å²) in [6.45, 7) is 6.37. The molecule has 1 aliphatic rings. The number of hydrogen-bond donors (Lipinski definition) is 1. The first kappa shape index (κ1) is 9.52. The molecule has 0 aromatic carbocycles. The highest BCUT2D eigenvalue weighted by molar-refractivity contribution is 5.75. The SMILES string of the molecule is CCC(=O)NCC1(C)CCOC1. The normalized spacial score (nSPS) is 28.8. The van der Waals surface area contributed by atoms with E-state index in [-0.39, 0.29) is 11.3 Å². The summed E-state index contributed by atoms with van der Waals surface area (Å²) in [5, 5.41) is 2.90. The minimum absolute atomic E-state index is 0.128. The fourth-order valence-electron chi connectivity index (χ4n) is 1.29. The molecule has 1 heterocycles. The van der Waals surface area contributed by atoms with Crippen molar-refractivity contribution in [3.8, 4) is 0 Å². The summed E-state index contributed by atoms with van der Waals surface area (Å²) in [4.78, 5) is 11.0. The Labute approximate surface area is 73.5 Å². The van der Waals surface area contributed by atoms with Gasteiger partial charge in [-0.2, -0.15) is 0 Å². The molecule has 1 saturated heterocycles. The van der Waals surface area contributed by atoms with Crippen LogP contribution in [0, 0.1) is 5.41 Å². The van der Waals surface area contributed by atoms with Crippen LogP contribution in [-0.4, -0.2) is 25.7 Å². The third kappa shape index (κ3) is 2.48. The highest BCUT2D eigenvalue weighted by Crippen LogP contribution is 2.26. The molecule has 3 nitrogen and oxygen atoms in total. The largest absolute Gasteiger partial charge is 0.381 e. The summed E-state index contributed by atoms with van der Waals surface area (Å²) >= 11 is 0. The Morgan fingerprint density at radius 1 is 1.67 bits per heavy atom. The van der Waals surface area contributed by atoms with Gasteiger partial charge in [0.15, 0.2) is 0 Å². The van der Waals surface area contributed by atoms with Crippen LogP contribution in [0.3, 0.4) is 0 Å². The molecule has 1 fully saturated rings. The number of carbonyl (C=O) groups is 1. The molecule has 1 rings (SSSR count). The molecule has 1 unspecified atom stereocenters. The molecule has 0 aromatic heterocycles. The zero-order valence-corrected chi connectivity index (χ0v) is 7.85. The fraction of sp³-hybridized carbons (Fsp3) is 0.889. The third-order valence-electron chi connectivity index (χ3n) is 2.33. The van der Waals surface area contributed by atoms with E-state index < -0.39 is 0 Å². The summed E-state index contributed by atoms with van der Waals surface area (Å²) in [5.74, 6) is 0.128. The van der Waals surface area contributed by atoms with E-state index in [1.165, 1.54) is 0 Å². The molecule has 1 aliphatic heterocycles. The van der Waals surface area contributed by atoms with Crippen molar-refractivity contribution in [2.45, 2.75) is 26.7 Å². The average Bonchev–Trinajstić information content (AvgIpc) is 2.49. The molecule has 0 aliphatic carbocycles. The summed E-state index contributed by atoms with van der Waals surface area (Å²) in [6.07, 6.45) is 1.62. The van der Waals surface area contributed by atoms with E-state index in [1.54, 1.807) is 0 Å². The molecular formula is C9H17NO2. The molecule has 3 heteroatoms. The van der Waals surface area contributed by atoms with Crippen molar-refractivity contribution in [2.24, 2.45) is 5.41 Å². The Morgan fingerprint density at radius 3 is 2.92 bits per heavy atom. The summed E-state index contributed by atoms with van der Waals surface area (Å²) in [7, 11) is 0. The van der Waals surface area contributed by atoms with Crippen molar-refractivity contribution in [1.82, 2.24) is 5.32 Å². The molecule has 1 amide bonds. The van der Waals surface area contributed by atoms with Crippen molar-refractivity contribution in [2.75, 3.05) is 19.8 Å². The van der Waals surface area contributed by atoms with Crippen LogP contribution in [0.25, 0.3) is 0 Å². The second-order valence-corrected chi connectivity index (χ2v) is 3.74. The van der Waals surface area contributed by atoms with Gasteiger partial charge in [-0.05, 0) is 6.42 Å². The van der Waals surface area contributed by atoms with Gasteiger partial charge in [0, 0.05) is 25.0 Å². The van der Waals surface area contributed by atoms with E-state index in [0.717, 1.165) is 26.2 Å². The quantitative estimate of drug-likeness (QED) is 0.686. The number of rotatable bonds is 3. The second-order valence-electron chi connectivity index (χ2n) is 3.74. The first-order valence-corrected chi connectivity index (χ1v) is 4.51. The molecule has 0 aromatic rings. The van der Waals surface area contributed by atoms with Crippen molar-refractivity contribution in [1.29, 1.82) is 0 Å². The monoisotopic (exact) mass is 171 g/mol. The first-order valence-electron chi connectivity index (χ1n) is 4.51. The van der Waals surface area contributed by atoms with Gasteiger partial charge in [0.2, 0.25) is 5.91 Å². The molecule has 0 bridgehead atoms. The molecule has 1 N–H and O–H groups in total. The van der Waals surface area contributed by atoms with Crippen LogP contribution in [0.4, 0.5) is 0 Å². The molecule has 70 valence electrons. The number of ether oxygens (including phenoxy) is 1. The van der Waals surface area contributed by atoms with Crippen LogP contribution >= 0.6 is 0 Å². The predicted molar refractivity (Wildman–Crippen MR) is 46.8 cm³/mol. The lowest BCUT2D eigenvalue weighted by Crippen LogP contribution is -2.35. The van der Waals surface area contributed by atoms with Crippen molar-refractivity contribution in [3.05, 3.63) is 0 Å². The standard InChI is InChI=1S/C9H17NO2/c1-3-8(11)10-6-9(2)4-5-12-7-9/h3-7H2,1-2H3,(H,10,11). The van der Waals surface area contributed by atoms with Crippen molar-refractivity contribution >= 4 is 5.91 Å². The third-order valence-corrected chi connectivity index (χ3v) is 2.33. The van der Waals surface area contributed by atoms with Gasteiger partial charge in [0.25, 0.3) is 0 Å².